The number of amides is 1. The van der Waals surface area contributed by atoms with Crippen LogP contribution in [0.2, 0.25) is 0 Å². The maximum Gasteiger partial charge on any atom is 0.280 e. The minimum atomic E-state index is -0.261. The number of thiazole rings is 1. The van der Waals surface area contributed by atoms with E-state index in [0.717, 1.165) is 26.7 Å². The molecule has 2 heterocycles. The highest BCUT2D eigenvalue weighted by atomic mass is 32.1. The van der Waals surface area contributed by atoms with Gasteiger partial charge in [-0.1, -0.05) is 53.8 Å². The normalized spacial score (nSPS) is 13.7. The Morgan fingerprint density at radius 1 is 1.10 bits per heavy atom. The van der Waals surface area contributed by atoms with E-state index in [2.05, 4.69) is 11.6 Å². The van der Waals surface area contributed by atoms with Gasteiger partial charge in [-0.2, -0.15) is 4.99 Å². The van der Waals surface area contributed by atoms with E-state index in [1.54, 1.807) is 6.08 Å². The van der Waals surface area contributed by atoms with E-state index < -0.39 is 0 Å². The van der Waals surface area contributed by atoms with Crippen LogP contribution in [-0.4, -0.2) is 23.7 Å². The molecule has 0 spiro atoms. The van der Waals surface area contributed by atoms with Gasteiger partial charge in [-0.25, -0.2) is 0 Å². The van der Waals surface area contributed by atoms with Gasteiger partial charge in [0, 0.05) is 24.2 Å². The van der Waals surface area contributed by atoms with Crippen molar-refractivity contribution in [3.63, 3.8) is 0 Å². The van der Waals surface area contributed by atoms with Gasteiger partial charge < -0.3 is 14.0 Å². The summed E-state index contributed by atoms with van der Waals surface area (Å²) in [4.78, 5) is 18.2. The first kappa shape index (κ1) is 17.7. The topological polar surface area (TPSA) is 52.8 Å². The van der Waals surface area contributed by atoms with Gasteiger partial charge in [0.1, 0.15) is 13.2 Å². The molecule has 0 unspecified atom stereocenters. The summed E-state index contributed by atoms with van der Waals surface area (Å²) in [7, 11) is 0. The molecule has 1 aliphatic rings. The van der Waals surface area contributed by atoms with Gasteiger partial charge >= 0.3 is 0 Å². The van der Waals surface area contributed by atoms with Gasteiger partial charge in [-0.05, 0) is 16.8 Å². The molecule has 0 N–H and O–H groups in total. The molecule has 3 aromatic carbocycles. The SMILES string of the molecule is C=CCn1c(=NC(=O)c2cccc3ccccc23)sc2cc3c(cc21)OCCO3. The summed E-state index contributed by atoms with van der Waals surface area (Å²) in [6, 6.07) is 17.4. The molecule has 144 valence electrons. The maximum atomic E-state index is 13.1. The van der Waals surface area contributed by atoms with E-state index in [-0.39, 0.29) is 5.91 Å². The van der Waals surface area contributed by atoms with Gasteiger partial charge in [-0.3, -0.25) is 4.79 Å². The van der Waals surface area contributed by atoms with Crippen LogP contribution >= 0.6 is 11.3 Å². The average molecular weight is 402 g/mol. The molecule has 1 aliphatic heterocycles. The molecule has 0 bridgehead atoms. The van der Waals surface area contributed by atoms with Crippen LogP contribution in [0.15, 0.2) is 72.2 Å². The van der Waals surface area contributed by atoms with Crippen LogP contribution < -0.4 is 14.3 Å². The van der Waals surface area contributed by atoms with Crippen molar-refractivity contribution < 1.29 is 14.3 Å². The first-order valence-electron chi connectivity index (χ1n) is 9.35. The first-order valence-corrected chi connectivity index (χ1v) is 10.2. The molecule has 0 aliphatic carbocycles. The highest BCUT2D eigenvalue weighted by Gasteiger charge is 2.17. The predicted molar refractivity (Wildman–Crippen MR) is 115 cm³/mol. The molecule has 0 saturated heterocycles. The summed E-state index contributed by atoms with van der Waals surface area (Å²) in [6.45, 7) is 5.46. The Morgan fingerprint density at radius 2 is 1.86 bits per heavy atom. The van der Waals surface area contributed by atoms with Gasteiger partial charge in [0.2, 0.25) is 0 Å². The second-order valence-corrected chi connectivity index (χ2v) is 7.70. The number of hydrogen-bond donors (Lipinski definition) is 0. The highest BCUT2D eigenvalue weighted by Crippen LogP contribution is 2.35. The average Bonchev–Trinajstić information content (AvgIpc) is 3.07. The van der Waals surface area contributed by atoms with E-state index in [1.165, 1.54) is 11.3 Å². The third-order valence-electron chi connectivity index (χ3n) is 4.88. The minimum Gasteiger partial charge on any atom is -0.486 e. The second-order valence-electron chi connectivity index (χ2n) is 6.69. The molecule has 5 nitrogen and oxygen atoms in total. The molecule has 0 atom stereocenters. The Kier molecular flexibility index (Phi) is 4.41. The largest absolute Gasteiger partial charge is 0.486 e. The van der Waals surface area contributed by atoms with Crippen molar-refractivity contribution in [1.82, 2.24) is 4.57 Å². The van der Waals surface area contributed by atoms with Crippen molar-refractivity contribution in [3.05, 3.63) is 77.6 Å². The number of nitrogens with zero attached hydrogens (tertiary/aromatic N) is 2. The van der Waals surface area contributed by atoms with Crippen LogP contribution in [0.4, 0.5) is 0 Å². The highest BCUT2D eigenvalue weighted by molar-refractivity contribution is 7.16. The molecule has 5 rings (SSSR count). The third-order valence-corrected chi connectivity index (χ3v) is 5.92. The van der Waals surface area contributed by atoms with E-state index in [4.69, 9.17) is 9.47 Å². The first-order chi connectivity index (χ1) is 14.2. The molecular weight excluding hydrogens is 384 g/mol. The lowest BCUT2D eigenvalue weighted by molar-refractivity contribution is 0.0999. The number of aromatic nitrogens is 1. The van der Waals surface area contributed by atoms with Crippen LogP contribution in [0.25, 0.3) is 21.0 Å². The van der Waals surface area contributed by atoms with Crippen molar-refractivity contribution >= 4 is 38.2 Å². The molecule has 4 aromatic rings. The molecule has 0 fully saturated rings. The van der Waals surface area contributed by atoms with E-state index in [1.807, 2.05) is 59.2 Å². The Labute approximate surface area is 171 Å². The van der Waals surface area contributed by atoms with Gasteiger partial charge in [-0.15, -0.1) is 6.58 Å². The minimum absolute atomic E-state index is 0.261. The van der Waals surface area contributed by atoms with Crippen molar-refractivity contribution in [2.45, 2.75) is 6.54 Å². The number of fused-ring (bicyclic) bond motifs is 3. The third kappa shape index (κ3) is 3.11. The zero-order chi connectivity index (χ0) is 19.8. The second kappa shape index (κ2) is 7.22. The van der Waals surface area contributed by atoms with Crippen LogP contribution in [0, 0.1) is 0 Å². The fourth-order valence-corrected chi connectivity index (χ4v) is 4.60. The number of carbonyl (C=O) groups excluding carboxylic acids is 1. The smallest absolute Gasteiger partial charge is 0.280 e. The molecule has 29 heavy (non-hydrogen) atoms. The lowest BCUT2D eigenvalue weighted by Gasteiger charge is -2.18. The summed E-state index contributed by atoms with van der Waals surface area (Å²) in [5.74, 6) is 1.18. The fraction of sp³-hybridized carbons (Fsp3) is 0.130. The number of hydrogen-bond acceptors (Lipinski definition) is 4. The zero-order valence-electron chi connectivity index (χ0n) is 15.6. The number of carbonyl (C=O) groups is 1. The lowest BCUT2D eigenvalue weighted by atomic mass is 10.0. The van der Waals surface area contributed by atoms with Crippen molar-refractivity contribution in [1.29, 1.82) is 0 Å². The fourth-order valence-electron chi connectivity index (χ4n) is 3.56. The van der Waals surface area contributed by atoms with E-state index in [9.17, 15) is 4.79 Å². The van der Waals surface area contributed by atoms with E-state index in [0.29, 0.717) is 35.9 Å². The van der Waals surface area contributed by atoms with Crippen molar-refractivity contribution in [2.75, 3.05) is 13.2 Å². The number of ether oxygens (including phenoxy) is 2. The van der Waals surface area contributed by atoms with Crippen molar-refractivity contribution in [2.24, 2.45) is 4.99 Å². The molecule has 0 saturated carbocycles. The van der Waals surface area contributed by atoms with E-state index >= 15 is 0 Å². The van der Waals surface area contributed by atoms with Crippen LogP contribution in [-0.2, 0) is 6.54 Å². The molecule has 1 aromatic heterocycles. The van der Waals surface area contributed by atoms with Gasteiger partial charge in [0.05, 0.1) is 10.2 Å². The van der Waals surface area contributed by atoms with Crippen LogP contribution in [0.1, 0.15) is 10.4 Å². The lowest BCUT2D eigenvalue weighted by Crippen LogP contribution is -2.17. The number of allylic oxidation sites excluding steroid dienone is 1. The number of rotatable bonds is 3. The van der Waals surface area contributed by atoms with Crippen molar-refractivity contribution in [3.8, 4) is 11.5 Å². The van der Waals surface area contributed by atoms with Crippen LogP contribution in [0.5, 0.6) is 11.5 Å². The molecule has 1 amide bonds. The summed E-state index contributed by atoms with van der Waals surface area (Å²) in [5.41, 5.74) is 1.54. The summed E-state index contributed by atoms with van der Waals surface area (Å²) >= 11 is 1.46. The van der Waals surface area contributed by atoms with Gasteiger partial charge in [0.15, 0.2) is 16.3 Å². The molecule has 6 heteroatoms. The Bertz CT molecular complexity index is 1330. The molecular formula is C23H18N2O3S. The Hall–Kier alpha value is -3.38. The predicted octanol–water partition coefficient (Wildman–Crippen LogP) is 4.55. The monoisotopic (exact) mass is 402 g/mol. The standard InChI is InChI=1S/C23H18N2O3S/c1-2-10-25-18-13-19-20(28-12-11-27-19)14-21(18)29-23(25)24-22(26)17-9-5-7-15-6-3-4-8-16(15)17/h2-9,13-14H,1,10-12H2. The molecule has 0 radical (unpaired) electrons. The summed E-state index contributed by atoms with van der Waals surface area (Å²) < 4.78 is 14.4. The Balaban J connectivity index is 1.68. The maximum absolute atomic E-state index is 13.1. The zero-order valence-corrected chi connectivity index (χ0v) is 16.4. The van der Waals surface area contributed by atoms with Crippen LogP contribution in [0.3, 0.4) is 0 Å². The number of benzene rings is 3. The Morgan fingerprint density at radius 3 is 2.69 bits per heavy atom. The van der Waals surface area contributed by atoms with Gasteiger partial charge in [0.25, 0.3) is 5.91 Å². The summed E-state index contributed by atoms with van der Waals surface area (Å²) in [6.07, 6.45) is 1.80. The summed E-state index contributed by atoms with van der Waals surface area (Å²) in [5, 5.41) is 1.92. The quantitative estimate of drug-likeness (QED) is 0.472.